The summed E-state index contributed by atoms with van der Waals surface area (Å²) in [6.07, 6.45) is 8.54. The molecule has 0 saturated carbocycles. The molecular weight excluding hydrogens is 488 g/mol. The zero-order valence-corrected chi connectivity index (χ0v) is 23.5. The molecule has 10 heteroatoms. The minimum atomic E-state index is -0.536. The number of ether oxygens (including phenoxy) is 2. The summed E-state index contributed by atoms with van der Waals surface area (Å²) >= 11 is 0. The number of carbonyl (C=O) groups is 1. The molecule has 0 unspecified atom stereocenters. The average Bonchev–Trinajstić information content (AvgIpc) is 3.44. The maximum atomic E-state index is 12.9. The second-order valence-corrected chi connectivity index (χ2v) is 12.9. The van der Waals surface area contributed by atoms with Gasteiger partial charge in [-0.15, -0.1) is 0 Å². The normalized spacial score (nSPS) is 16.1. The Morgan fingerprint density at radius 3 is 2.78 bits per heavy atom. The number of likely N-dealkylation sites (N-methyl/N-ethyl adjacent to an activating group) is 1. The predicted octanol–water partition coefficient (Wildman–Crippen LogP) is 4.14. The summed E-state index contributed by atoms with van der Waals surface area (Å²) in [5.74, 6) is 1.01. The molecule has 3 aromatic rings. The number of hydrogen-bond acceptors (Lipinski definition) is 7. The minimum absolute atomic E-state index is 0.0490. The Morgan fingerprint density at radius 2 is 2.11 bits per heavy atom. The van der Waals surface area contributed by atoms with E-state index in [1.165, 1.54) is 0 Å². The molecule has 4 heterocycles. The molecule has 198 valence electrons. The van der Waals surface area contributed by atoms with Crippen LogP contribution < -0.4 is 4.90 Å². The van der Waals surface area contributed by atoms with E-state index in [2.05, 4.69) is 28.5 Å². The lowest BCUT2D eigenvalue weighted by molar-refractivity contribution is 0.0191. The Hall–Kier alpha value is -3.03. The topological polar surface area (TPSA) is 96.5 Å². The first kappa shape index (κ1) is 27.0. The summed E-state index contributed by atoms with van der Waals surface area (Å²) in [4.78, 5) is 26.0. The van der Waals surface area contributed by atoms with Crippen LogP contribution in [0.3, 0.4) is 0 Å². The first-order chi connectivity index (χ1) is 17.6. The van der Waals surface area contributed by atoms with Crippen LogP contribution in [0.1, 0.15) is 39.8 Å². The van der Waals surface area contributed by atoms with Gasteiger partial charge in [0.15, 0.2) is 0 Å². The van der Waals surface area contributed by atoms with E-state index in [9.17, 15) is 10.1 Å². The molecule has 0 bridgehead atoms. The van der Waals surface area contributed by atoms with Crippen LogP contribution in [0.2, 0.25) is 0 Å². The number of aromatic nitrogens is 3. The lowest BCUT2D eigenvalue weighted by Crippen LogP contribution is -2.44. The van der Waals surface area contributed by atoms with E-state index < -0.39 is 5.60 Å². The van der Waals surface area contributed by atoms with Gasteiger partial charge in [0.25, 0.3) is 0 Å². The standard InChI is InChI=1S/C27H37N6O3S/c1-7-32(26(34)36-27(2,3)4)20-9-11-31(17-20)22-8-10-29-25-24(22)21-14-19(15-28)30-16-23(21)33(25)18-35-12-13-37(5)6/h8,10,14,16,20H,7,9,11-13,17-18H2,1-6H3/q+1/t20-/m0/s1. The van der Waals surface area contributed by atoms with Gasteiger partial charge in [-0.05, 0) is 57.1 Å². The van der Waals surface area contributed by atoms with Crippen LogP contribution in [0.15, 0.2) is 24.5 Å². The SMILES string of the molecule is CCN(C(=O)OC(C)(C)C)[C@H]1CCN(c2ccnc3c2c2cc(C#N)ncc2n3COCC[S+](C)C)C1. The van der Waals surface area contributed by atoms with Crippen molar-refractivity contribution in [2.45, 2.75) is 52.5 Å². The van der Waals surface area contributed by atoms with Gasteiger partial charge >= 0.3 is 6.09 Å². The van der Waals surface area contributed by atoms with Gasteiger partial charge in [0.05, 0.1) is 47.9 Å². The molecule has 1 amide bonds. The largest absolute Gasteiger partial charge is 0.444 e. The fourth-order valence-electron chi connectivity index (χ4n) is 4.79. The second-order valence-electron chi connectivity index (χ2n) is 10.5. The molecule has 1 saturated heterocycles. The van der Waals surface area contributed by atoms with Crippen molar-refractivity contribution >= 4 is 44.6 Å². The lowest BCUT2D eigenvalue weighted by atomic mass is 10.1. The third-order valence-corrected chi connectivity index (χ3v) is 7.48. The highest BCUT2D eigenvalue weighted by atomic mass is 32.2. The number of hydrogen-bond donors (Lipinski definition) is 0. The Kier molecular flexibility index (Phi) is 8.14. The van der Waals surface area contributed by atoms with Crippen LogP contribution in [0.4, 0.5) is 10.5 Å². The fourth-order valence-corrected chi connectivity index (χ4v) is 5.24. The molecule has 1 aliphatic heterocycles. The third-order valence-electron chi connectivity index (χ3n) is 6.49. The van der Waals surface area contributed by atoms with Crippen molar-refractivity contribution in [1.29, 1.82) is 5.26 Å². The number of rotatable bonds is 8. The van der Waals surface area contributed by atoms with E-state index in [-0.39, 0.29) is 12.1 Å². The Labute approximate surface area is 221 Å². The highest BCUT2D eigenvalue weighted by Gasteiger charge is 2.33. The van der Waals surface area contributed by atoms with Gasteiger partial charge in [0.2, 0.25) is 0 Å². The Bertz CT molecular complexity index is 1310. The van der Waals surface area contributed by atoms with Crippen LogP contribution >= 0.6 is 0 Å². The molecule has 0 N–H and O–H groups in total. The third kappa shape index (κ3) is 5.94. The summed E-state index contributed by atoms with van der Waals surface area (Å²) in [6, 6.07) is 6.07. The number of fused-ring (bicyclic) bond motifs is 3. The van der Waals surface area contributed by atoms with Gasteiger partial charge in [0, 0.05) is 31.2 Å². The van der Waals surface area contributed by atoms with Gasteiger partial charge < -0.3 is 19.3 Å². The van der Waals surface area contributed by atoms with Crippen molar-refractivity contribution in [3.63, 3.8) is 0 Å². The van der Waals surface area contributed by atoms with Crippen LogP contribution in [0.25, 0.3) is 21.9 Å². The second kappa shape index (κ2) is 11.2. The van der Waals surface area contributed by atoms with Crippen molar-refractivity contribution in [3.8, 4) is 6.07 Å². The van der Waals surface area contributed by atoms with Crippen LogP contribution in [0.5, 0.6) is 0 Å². The number of amides is 1. The van der Waals surface area contributed by atoms with E-state index in [1.54, 1.807) is 6.20 Å². The zero-order chi connectivity index (χ0) is 26.7. The van der Waals surface area contributed by atoms with Crippen LogP contribution in [0, 0.1) is 11.3 Å². The molecule has 3 aromatic heterocycles. The molecule has 0 aromatic carbocycles. The van der Waals surface area contributed by atoms with Crippen molar-refractivity contribution in [2.75, 3.05) is 49.4 Å². The zero-order valence-electron chi connectivity index (χ0n) is 22.7. The summed E-state index contributed by atoms with van der Waals surface area (Å²) in [5.41, 5.74) is 2.56. The van der Waals surface area contributed by atoms with E-state index in [0.29, 0.717) is 43.0 Å². The quantitative estimate of drug-likeness (QED) is 0.322. The van der Waals surface area contributed by atoms with E-state index >= 15 is 0 Å². The maximum Gasteiger partial charge on any atom is 0.410 e. The smallest absolute Gasteiger partial charge is 0.410 e. The summed E-state index contributed by atoms with van der Waals surface area (Å²) in [7, 11) is 0.313. The van der Waals surface area contributed by atoms with Gasteiger partial charge in [-0.1, -0.05) is 0 Å². The fraction of sp³-hybridized carbons (Fsp3) is 0.556. The molecule has 0 aliphatic carbocycles. The molecule has 9 nitrogen and oxygen atoms in total. The molecular formula is C27H37N6O3S+. The van der Waals surface area contributed by atoms with Crippen LogP contribution in [-0.4, -0.2) is 81.7 Å². The van der Waals surface area contributed by atoms with Gasteiger partial charge in [-0.25, -0.2) is 14.8 Å². The Morgan fingerprint density at radius 1 is 1.32 bits per heavy atom. The average molecular weight is 526 g/mol. The predicted molar refractivity (Wildman–Crippen MR) is 149 cm³/mol. The van der Waals surface area contributed by atoms with Crippen LogP contribution in [-0.2, 0) is 27.1 Å². The summed E-state index contributed by atoms with van der Waals surface area (Å²) < 4.78 is 13.7. The van der Waals surface area contributed by atoms with E-state index in [0.717, 1.165) is 46.3 Å². The minimum Gasteiger partial charge on any atom is -0.444 e. The van der Waals surface area contributed by atoms with E-state index in [4.69, 9.17) is 14.5 Å². The number of pyridine rings is 2. The van der Waals surface area contributed by atoms with Crippen molar-refractivity contribution in [1.82, 2.24) is 19.4 Å². The molecule has 1 fully saturated rings. The molecule has 1 aliphatic rings. The molecule has 37 heavy (non-hydrogen) atoms. The Balaban J connectivity index is 1.68. The monoisotopic (exact) mass is 525 g/mol. The van der Waals surface area contributed by atoms with Crippen molar-refractivity contribution in [2.24, 2.45) is 0 Å². The molecule has 0 spiro atoms. The summed E-state index contributed by atoms with van der Waals surface area (Å²) in [5, 5.41) is 11.4. The van der Waals surface area contributed by atoms with Crippen molar-refractivity contribution < 1.29 is 14.3 Å². The first-order valence-electron chi connectivity index (χ1n) is 12.7. The number of nitriles is 1. The highest BCUT2D eigenvalue weighted by molar-refractivity contribution is 7.95. The number of carbonyl (C=O) groups excluding carboxylic acids is 1. The van der Waals surface area contributed by atoms with Gasteiger partial charge in [-0.2, -0.15) is 5.26 Å². The number of nitrogens with zero attached hydrogens (tertiary/aromatic N) is 6. The first-order valence-corrected chi connectivity index (χ1v) is 14.9. The summed E-state index contributed by atoms with van der Waals surface area (Å²) in [6.45, 7) is 10.8. The van der Waals surface area contributed by atoms with E-state index in [1.807, 2.05) is 55.5 Å². The molecule has 4 rings (SSSR count). The van der Waals surface area contributed by atoms with Crippen molar-refractivity contribution in [3.05, 3.63) is 30.2 Å². The number of anilines is 1. The molecule has 1 atom stereocenters. The molecule has 0 radical (unpaired) electrons. The van der Waals surface area contributed by atoms with Gasteiger partial charge in [-0.3, -0.25) is 4.57 Å². The van der Waals surface area contributed by atoms with Gasteiger partial charge in [0.1, 0.15) is 35.5 Å². The maximum absolute atomic E-state index is 12.9. The highest BCUT2D eigenvalue weighted by Crippen LogP contribution is 2.37. The lowest BCUT2D eigenvalue weighted by Gasteiger charge is -2.31.